The maximum atomic E-state index is 11.0. The van der Waals surface area contributed by atoms with Crippen molar-refractivity contribution < 1.29 is 9.90 Å². The molecule has 5 heteroatoms. The largest absolute Gasteiger partial charge is 0.481 e. The van der Waals surface area contributed by atoms with Crippen LogP contribution >= 0.6 is 0 Å². The van der Waals surface area contributed by atoms with Crippen LogP contribution in [-0.2, 0) is 11.2 Å². The molecule has 0 aromatic carbocycles. The number of rotatable bonds is 3. The number of hydrogen-bond acceptors (Lipinski definition) is 3. The summed E-state index contributed by atoms with van der Waals surface area (Å²) in [5.41, 5.74) is 2.15. The first-order valence-electron chi connectivity index (χ1n) is 5.72. The normalized spacial score (nSPS) is 21.1. The van der Waals surface area contributed by atoms with E-state index in [0.29, 0.717) is 6.54 Å². The molecule has 0 aliphatic carbocycles. The van der Waals surface area contributed by atoms with Crippen molar-refractivity contribution in [2.75, 3.05) is 18.0 Å². The van der Waals surface area contributed by atoms with Gasteiger partial charge in [-0.3, -0.25) is 9.89 Å². The first kappa shape index (κ1) is 11.0. The van der Waals surface area contributed by atoms with Crippen LogP contribution in [0.5, 0.6) is 0 Å². The molecule has 1 aliphatic rings. The zero-order valence-electron chi connectivity index (χ0n) is 9.44. The Bertz CT molecular complexity index is 375. The van der Waals surface area contributed by atoms with E-state index in [1.165, 1.54) is 0 Å². The Balaban J connectivity index is 2.12. The highest BCUT2D eigenvalue weighted by Crippen LogP contribution is 2.25. The van der Waals surface area contributed by atoms with Gasteiger partial charge in [0.05, 0.1) is 23.5 Å². The molecule has 0 radical (unpaired) electrons. The number of nitrogens with zero attached hydrogens (tertiary/aromatic N) is 2. The number of hydrogen-bond donors (Lipinski definition) is 2. The number of carbonyl (C=O) groups is 1. The maximum Gasteiger partial charge on any atom is 0.308 e. The topological polar surface area (TPSA) is 69.2 Å². The maximum absolute atomic E-state index is 11.0. The van der Waals surface area contributed by atoms with E-state index in [4.69, 9.17) is 5.11 Å². The number of aryl methyl sites for hydroxylation is 1. The second-order valence-corrected chi connectivity index (χ2v) is 4.21. The molecule has 88 valence electrons. The average Bonchev–Trinajstić information content (AvgIpc) is 2.77. The van der Waals surface area contributed by atoms with Gasteiger partial charge in [0.1, 0.15) is 0 Å². The van der Waals surface area contributed by atoms with E-state index in [-0.39, 0.29) is 5.92 Å². The van der Waals surface area contributed by atoms with Gasteiger partial charge in [0.25, 0.3) is 0 Å². The van der Waals surface area contributed by atoms with E-state index in [1.807, 2.05) is 0 Å². The van der Waals surface area contributed by atoms with Crippen molar-refractivity contribution in [3.05, 3.63) is 11.9 Å². The van der Waals surface area contributed by atoms with Gasteiger partial charge in [-0.25, -0.2) is 0 Å². The molecule has 2 N–H and O–H groups in total. The minimum absolute atomic E-state index is 0.242. The third-order valence-corrected chi connectivity index (χ3v) is 3.16. The Hall–Kier alpha value is -1.52. The van der Waals surface area contributed by atoms with E-state index in [2.05, 4.69) is 22.0 Å². The highest BCUT2D eigenvalue weighted by molar-refractivity contribution is 5.71. The second-order valence-electron chi connectivity index (χ2n) is 4.21. The van der Waals surface area contributed by atoms with Gasteiger partial charge in [-0.05, 0) is 19.3 Å². The quantitative estimate of drug-likeness (QED) is 0.809. The highest BCUT2D eigenvalue weighted by atomic mass is 16.4. The fourth-order valence-corrected chi connectivity index (χ4v) is 2.24. The van der Waals surface area contributed by atoms with Crippen molar-refractivity contribution in [2.24, 2.45) is 5.92 Å². The predicted molar refractivity (Wildman–Crippen MR) is 60.5 cm³/mol. The predicted octanol–water partition coefficient (Wildman–Crippen LogP) is 1.27. The molecule has 2 rings (SSSR count). The molecule has 16 heavy (non-hydrogen) atoms. The zero-order chi connectivity index (χ0) is 11.5. The summed E-state index contributed by atoms with van der Waals surface area (Å²) in [5.74, 6) is -0.931. The molecule has 0 saturated carbocycles. The Morgan fingerprint density at radius 2 is 2.56 bits per heavy atom. The van der Waals surface area contributed by atoms with Gasteiger partial charge in [-0.1, -0.05) is 6.92 Å². The molecule has 1 fully saturated rings. The van der Waals surface area contributed by atoms with Crippen molar-refractivity contribution in [1.82, 2.24) is 10.2 Å². The lowest BCUT2D eigenvalue weighted by Gasteiger charge is -2.32. The van der Waals surface area contributed by atoms with Crippen LogP contribution in [0.4, 0.5) is 5.69 Å². The Labute approximate surface area is 94.5 Å². The highest BCUT2D eigenvalue weighted by Gasteiger charge is 2.26. The van der Waals surface area contributed by atoms with Gasteiger partial charge in [-0.2, -0.15) is 5.10 Å². The SMILES string of the molecule is CCc1[nH]ncc1N1CCCC(C(=O)O)C1. The van der Waals surface area contributed by atoms with Crippen LogP contribution in [0.25, 0.3) is 0 Å². The standard InChI is InChI=1S/C11H17N3O2/c1-2-9-10(6-12-13-9)14-5-3-4-8(7-14)11(15)16/h6,8H,2-5,7H2,1H3,(H,12,13)(H,15,16). The molecule has 0 bridgehead atoms. The summed E-state index contributed by atoms with van der Waals surface area (Å²) in [7, 11) is 0. The molecule has 5 nitrogen and oxygen atoms in total. The first-order valence-corrected chi connectivity index (χ1v) is 5.72. The third-order valence-electron chi connectivity index (χ3n) is 3.16. The molecular formula is C11H17N3O2. The lowest BCUT2D eigenvalue weighted by Crippen LogP contribution is -2.38. The van der Waals surface area contributed by atoms with Crippen LogP contribution in [0.2, 0.25) is 0 Å². The fraction of sp³-hybridized carbons (Fsp3) is 0.636. The van der Waals surface area contributed by atoms with Crippen LogP contribution in [-0.4, -0.2) is 34.4 Å². The monoisotopic (exact) mass is 223 g/mol. The van der Waals surface area contributed by atoms with Gasteiger partial charge in [0, 0.05) is 13.1 Å². The van der Waals surface area contributed by atoms with Gasteiger partial charge < -0.3 is 10.0 Å². The van der Waals surface area contributed by atoms with E-state index >= 15 is 0 Å². The van der Waals surface area contributed by atoms with Crippen LogP contribution < -0.4 is 4.90 Å². The molecule has 2 heterocycles. The second kappa shape index (κ2) is 4.55. The van der Waals surface area contributed by atoms with Crippen LogP contribution in [0.1, 0.15) is 25.5 Å². The van der Waals surface area contributed by atoms with E-state index < -0.39 is 5.97 Å². The molecule has 1 unspecified atom stereocenters. The molecule has 1 aromatic rings. The number of aromatic nitrogens is 2. The molecule has 1 saturated heterocycles. The van der Waals surface area contributed by atoms with E-state index in [9.17, 15) is 4.79 Å². The number of carboxylic acid groups (broad SMARTS) is 1. The Morgan fingerprint density at radius 3 is 3.25 bits per heavy atom. The molecule has 0 amide bonds. The van der Waals surface area contributed by atoms with Gasteiger partial charge >= 0.3 is 5.97 Å². The third kappa shape index (κ3) is 2.03. The summed E-state index contributed by atoms with van der Waals surface area (Å²) in [6, 6.07) is 0. The minimum Gasteiger partial charge on any atom is -0.481 e. The summed E-state index contributed by atoms with van der Waals surface area (Å²) in [5, 5.41) is 16.0. The number of carboxylic acids is 1. The Kier molecular flexibility index (Phi) is 3.12. The minimum atomic E-state index is -0.689. The number of H-pyrrole nitrogens is 1. The van der Waals surface area contributed by atoms with Gasteiger partial charge in [0.15, 0.2) is 0 Å². The lowest BCUT2D eigenvalue weighted by atomic mass is 9.98. The van der Waals surface area contributed by atoms with Crippen LogP contribution in [0.3, 0.4) is 0 Å². The van der Waals surface area contributed by atoms with E-state index in [1.54, 1.807) is 6.20 Å². The lowest BCUT2D eigenvalue weighted by molar-refractivity contribution is -0.141. The van der Waals surface area contributed by atoms with Crippen LogP contribution in [0.15, 0.2) is 6.20 Å². The smallest absolute Gasteiger partial charge is 0.308 e. The van der Waals surface area contributed by atoms with Crippen molar-refractivity contribution in [3.63, 3.8) is 0 Å². The molecule has 1 aromatic heterocycles. The molecule has 1 atom stereocenters. The fourth-order valence-electron chi connectivity index (χ4n) is 2.24. The number of anilines is 1. The molecular weight excluding hydrogens is 206 g/mol. The summed E-state index contributed by atoms with van der Waals surface area (Å²) in [6.45, 7) is 3.59. The van der Waals surface area contributed by atoms with Crippen molar-refractivity contribution in [3.8, 4) is 0 Å². The average molecular weight is 223 g/mol. The number of nitrogens with one attached hydrogen (secondary N) is 1. The van der Waals surface area contributed by atoms with Crippen molar-refractivity contribution >= 4 is 11.7 Å². The molecule has 1 aliphatic heterocycles. The van der Waals surface area contributed by atoms with E-state index in [0.717, 1.165) is 37.2 Å². The summed E-state index contributed by atoms with van der Waals surface area (Å²) in [4.78, 5) is 13.1. The first-order chi connectivity index (χ1) is 7.72. The summed E-state index contributed by atoms with van der Waals surface area (Å²) in [6.07, 6.45) is 4.41. The number of piperidine rings is 1. The number of aliphatic carboxylic acids is 1. The van der Waals surface area contributed by atoms with Crippen molar-refractivity contribution in [2.45, 2.75) is 26.2 Å². The molecule has 0 spiro atoms. The van der Waals surface area contributed by atoms with Crippen molar-refractivity contribution in [1.29, 1.82) is 0 Å². The number of aromatic amines is 1. The zero-order valence-corrected chi connectivity index (χ0v) is 9.44. The van der Waals surface area contributed by atoms with Gasteiger partial charge in [0.2, 0.25) is 0 Å². The summed E-state index contributed by atoms with van der Waals surface area (Å²) < 4.78 is 0. The van der Waals surface area contributed by atoms with Gasteiger partial charge in [-0.15, -0.1) is 0 Å². The Morgan fingerprint density at radius 1 is 1.75 bits per heavy atom. The van der Waals surface area contributed by atoms with Crippen LogP contribution in [0, 0.1) is 5.92 Å². The summed E-state index contributed by atoms with van der Waals surface area (Å²) >= 11 is 0.